The topological polar surface area (TPSA) is 133 Å². The van der Waals surface area contributed by atoms with E-state index in [2.05, 4.69) is 42.1 Å². The number of rotatable bonds is 12. The van der Waals surface area contributed by atoms with Gasteiger partial charge in [0.05, 0.1) is 28.2 Å². The van der Waals surface area contributed by atoms with Gasteiger partial charge in [0.2, 0.25) is 0 Å². The quantitative estimate of drug-likeness (QED) is 0.119. The maximum Gasteiger partial charge on any atom is 0.324 e. The molecule has 2 aromatic heterocycles. The summed E-state index contributed by atoms with van der Waals surface area (Å²) in [4.78, 5) is 28.3. The number of carbonyl (C=O) groups is 2. The molecule has 0 radical (unpaired) electrons. The number of nitrogens with one attached hydrogen (secondary N) is 2. The minimum Gasteiger partial charge on any atom is -0.494 e. The summed E-state index contributed by atoms with van der Waals surface area (Å²) in [7, 11) is 0. The standard InChI is InChI=1S/C33H33FN6O4/c1-5-20(3)43-19-21-8-7-9-23(14-21)40-30(17-29(39-40)33(4)18-22(33)6-2)38-32(42)37-27-11-10-24(15-26(27)34)44-25-12-13-36-28(16-25)31(35)41/h7-18H,3,5-6,19H2,1-2,4H3,(H2,35,41)(H2,37,38,42). The van der Waals surface area contributed by atoms with E-state index in [0.29, 0.717) is 18.2 Å². The van der Waals surface area contributed by atoms with Crippen molar-refractivity contribution < 1.29 is 23.5 Å². The van der Waals surface area contributed by atoms with Gasteiger partial charge in [-0.25, -0.2) is 13.9 Å². The second-order valence-electron chi connectivity index (χ2n) is 10.5. The highest BCUT2D eigenvalue weighted by molar-refractivity contribution is 5.99. The van der Waals surface area contributed by atoms with Gasteiger partial charge in [0.1, 0.15) is 35.4 Å². The first kappa shape index (κ1) is 30.0. The molecule has 1 unspecified atom stereocenters. The molecule has 1 aliphatic rings. The van der Waals surface area contributed by atoms with Crippen molar-refractivity contribution in [2.24, 2.45) is 5.73 Å². The van der Waals surface area contributed by atoms with E-state index in [1.807, 2.05) is 37.3 Å². The molecule has 1 aliphatic carbocycles. The van der Waals surface area contributed by atoms with Crippen LogP contribution in [0.4, 0.5) is 20.7 Å². The van der Waals surface area contributed by atoms with Crippen LogP contribution in [0.5, 0.6) is 11.5 Å². The van der Waals surface area contributed by atoms with E-state index in [9.17, 15) is 9.59 Å². The van der Waals surface area contributed by atoms with Crippen LogP contribution in [0.3, 0.4) is 0 Å². The molecule has 11 heteroatoms. The molecular weight excluding hydrogens is 563 g/mol. The van der Waals surface area contributed by atoms with Crippen LogP contribution in [-0.4, -0.2) is 26.7 Å². The summed E-state index contributed by atoms with van der Waals surface area (Å²) < 4.78 is 28.0. The summed E-state index contributed by atoms with van der Waals surface area (Å²) >= 11 is 0. The molecule has 0 saturated carbocycles. The summed E-state index contributed by atoms with van der Waals surface area (Å²) in [5, 5.41) is 10.2. The van der Waals surface area contributed by atoms with Crippen molar-refractivity contribution in [2.45, 2.75) is 45.6 Å². The Hall–Kier alpha value is -5.45. The third-order valence-electron chi connectivity index (χ3n) is 7.31. The number of carbonyl (C=O) groups excluding carboxylic acids is 2. The highest BCUT2D eigenvalue weighted by atomic mass is 19.1. The number of pyridine rings is 1. The van der Waals surface area contributed by atoms with Crippen LogP contribution in [-0.2, 0) is 16.8 Å². The molecule has 44 heavy (non-hydrogen) atoms. The number of ether oxygens (including phenoxy) is 2. The number of allylic oxidation sites excluding steroid dienone is 3. The Morgan fingerprint density at radius 2 is 1.86 bits per heavy atom. The van der Waals surface area contributed by atoms with Crippen LogP contribution in [0, 0.1) is 5.82 Å². The molecule has 0 bridgehead atoms. The van der Waals surface area contributed by atoms with Crippen molar-refractivity contribution in [3.05, 3.63) is 114 Å². The first-order valence-corrected chi connectivity index (χ1v) is 14.1. The fraction of sp³-hybridized carbons (Fsp3) is 0.212. The molecule has 5 rings (SSSR count). The lowest BCUT2D eigenvalue weighted by molar-refractivity contribution is 0.0995. The Morgan fingerprint density at radius 3 is 2.57 bits per heavy atom. The van der Waals surface area contributed by atoms with Gasteiger partial charge in [-0.05, 0) is 49.2 Å². The Morgan fingerprint density at radius 1 is 1.07 bits per heavy atom. The van der Waals surface area contributed by atoms with Crippen LogP contribution >= 0.6 is 0 Å². The maximum atomic E-state index is 15.0. The zero-order chi connectivity index (χ0) is 31.4. The molecule has 3 amide bonds. The molecule has 10 nitrogen and oxygen atoms in total. The molecule has 1 atom stereocenters. The van der Waals surface area contributed by atoms with Crippen LogP contribution in [0.25, 0.3) is 5.69 Å². The van der Waals surface area contributed by atoms with Crippen molar-refractivity contribution in [3.8, 4) is 17.2 Å². The fourth-order valence-corrected chi connectivity index (χ4v) is 4.68. The van der Waals surface area contributed by atoms with Gasteiger partial charge in [-0.3, -0.25) is 15.1 Å². The van der Waals surface area contributed by atoms with E-state index < -0.39 is 17.8 Å². The lowest BCUT2D eigenvalue weighted by Crippen LogP contribution is -2.22. The van der Waals surface area contributed by atoms with Gasteiger partial charge < -0.3 is 20.5 Å². The summed E-state index contributed by atoms with van der Waals surface area (Å²) in [5.41, 5.74) is 8.60. The summed E-state index contributed by atoms with van der Waals surface area (Å²) in [6, 6.07) is 15.6. The van der Waals surface area contributed by atoms with Crippen molar-refractivity contribution in [1.82, 2.24) is 14.8 Å². The number of anilines is 2. The van der Waals surface area contributed by atoms with Crippen LogP contribution in [0.15, 0.2) is 90.8 Å². The number of primary amides is 1. The number of amides is 3. The zero-order valence-electron chi connectivity index (χ0n) is 24.7. The third kappa shape index (κ3) is 6.62. The first-order chi connectivity index (χ1) is 21.1. The van der Waals surface area contributed by atoms with Gasteiger partial charge in [0, 0.05) is 30.8 Å². The number of benzene rings is 2. The number of hydrogen-bond donors (Lipinski definition) is 3. The van der Waals surface area contributed by atoms with E-state index in [0.717, 1.165) is 35.9 Å². The summed E-state index contributed by atoms with van der Waals surface area (Å²) in [5.74, 6) is 0.0762. The van der Waals surface area contributed by atoms with Gasteiger partial charge in [-0.1, -0.05) is 44.2 Å². The number of halogens is 1. The van der Waals surface area contributed by atoms with E-state index in [1.54, 1.807) is 4.68 Å². The van der Waals surface area contributed by atoms with Crippen molar-refractivity contribution in [2.75, 3.05) is 10.6 Å². The van der Waals surface area contributed by atoms with Crippen molar-refractivity contribution in [1.29, 1.82) is 0 Å². The minimum absolute atomic E-state index is 0.0140. The number of aromatic nitrogens is 3. The molecule has 0 fully saturated rings. The summed E-state index contributed by atoms with van der Waals surface area (Å²) in [6.07, 6.45) is 5.13. The third-order valence-corrected chi connectivity index (χ3v) is 7.31. The van der Waals surface area contributed by atoms with Crippen LogP contribution < -0.4 is 21.1 Å². The van der Waals surface area contributed by atoms with Gasteiger partial charge in [0.25, 0.3) is 5.91 Å². The van der Waals surface area contributed by atoms with Crippen LogP contribution in [0.1, 0.15) is 55.4 Å². The number of urea groups is 1. The Bertz CT molecular complexity index is 1780. The number of nitrogens with zero attached hydrogens (tertiary/aromatic N) is 3. The first-order valence-electron chi connectivity index (χ1n) is 14.1. The molecular formula is C33H33FN6O4. The molecule has 2 heterocycles. The van der Waals surface area contributed by atoms with Crippen molar-refractivity contribution >= 4 is 23.4 Å². The molecule has 0 saturated heterocycles. The predicted octanol–water partition coefficient (Wildman–Crippen LogP) is 6.99. The Labute approximate surface area is 254 Å². The monoisotopic (exact) mass is 596 g/mol. The molecule has 2 aromatic carbocycles. The smallest absolute Gasteiger partial charge is 0.324 e. The highest BCUT2D eigenvalue weighted by Crippen LogP contribution is 2.48. The molecule has 226 valence electrons. The van der Waals surface area contributed by atoms with E-state index in [1.165, 1.54) is 36.0 Å². The van der Waals surface area contributed by atoms with E-state index >= 15 is 4.39 Å². The molecule has 4 aromatic rings. The lowest BCUT2D eigenvalue weighted by atomic mass is 9.98. The highest BCUT2D eigenvalue weighted by Gasteiger charge is 2.42. The second kappa shape index (κ2) is 12.4. The second-order valence-corrected chi connectivity index (χ2v) is 10.5. The molecule has 0 spiro atoms. The minimum atomic E-state index is -0.723. The van der Waals surface area contributed by atoms with Gasteiger partial charge in [0.15, 0.2) is 0 Å². The van der Waals surface area contributed by atoms with Crippen LogP contribution in [0.2, 0.25) is 0 Å². The van der Waals surface area contributed by atoms with E-state index in [4.69, 9.17) is 20.3 Å². The lowest BCUT2D eigenvalue weighted by Gasteiger charge is -2.13. The van der Waals surface area contributed by atoms with Gasteiger partial charge >= 0.3 is 6.03 Å². The molecule has 4 N–H and O–H groups in total. The summed E-state index contributed by atoms with van der Waals surface area (Å²) in [6.45, 7) is 10.4. The number of hydrogen-bond acceptors (Lipinski definition) is 6. The average Bonchev–Trinajstić information content (AvgIpc) is 3.51. The largest absolute Gasteiger partial charge is 0.494 e. The van der Waals surface area contributed by atoms with E-state index in [-0.39, 0.29) is 28.3 Å². The van der Waals surface area contributed by atoms with Crippen molar-refractivity contribution in [3.63, 3.8) is 0 Å². The molecule has 0 aliphatic heterocycles. The predicted molar refractivity (Wildman–Crippen MR) is 165 cm³/mol. The average molecular weight is 597 g/mol. The Balaban J connectivity index is 1.34. The SMILES string of the molecule is C=C(CC)OCc1cccc(-n2nc(C3(C)C=C3CC)cc2NC(=O)Nc2ccc(Oc3ccnc(C(N)=O)c3)cc2F)c1. The van der Waals surface area contributed by atoms with Gasteiger partial charge in [-0.15, -0.1) is 0 Å². The fourth-order valence-electron chi connectivity index (χ4n) is 4.68. The number of nitrogens with two attached hydrogens (primary N) is 1. The Kier molecular flexibility index (Phi) is 8.48. The normalized spacial score (nSPS) is 15.2. The van der Waals surface area contributed by atoms with Gasteiger partial charge in [-0.2, -0.15) is 5.10 Å². The zero-order valence-corrected chi connectivity index (χ0v) is 24.7. The maximum absolute atomic E-state index is 15.0.